The molecule has 2 N–H and O–H groups in total. The predicted octanol–water partition coefficient (Wildman–Crippen LogP) is 3.93. The van der Waals surface area contributed by atoms with Crippen molar-refractivity contribution in [3.63, 3.8) is 0 Å². The van der Waals surface area contributed by atoms with Gasteiger partial charge in [0.2, 0.25) is 0 Å². The summed E-state index contributed by atoms with van der Waals surface area (Å²) in [5.74, 6) is 0.628. The van der Waals surface area contributed by atoms with Gasteiger partial charge in [0.15, 0.2) is 0 Å². The van der Waals surface area contributed by atoms with E-state index < -0.39 is 24.4 Å². The first-order valence-electron chi connectivity index (χ1n) is 14.9. The van der Waals surface area contributed by atoms with Crippen LogP contribution in [0.3, 0.4) is 0 Å². The van der Waals surface area contributed by atoms with Gasteiger partial charge in [-0.3, -0.25) is 0 Å². The maximum atomic E-state index is 12.1. The fourth-order valence-corrected chi connectivity index (χ4v) is 5.79. The third kappa shape index (κ3) is 8.58. The fraction of sp³-hybridized carbons (Fsp3) is 0.594. The molecule has 10 nitrogen and oxygen atoms in total. The van der Waals surface area contributed by atoms with Crippen molar-refractivity contribution < 1.29 is 38.7 Å². The van der Waals surface area contributed by atoms with E-state index in [0.717, 1.165) is 54.9 Å². The molecule has 0 aromatic heterocycles. The molecule has 2 aliphatic rings. The monoisotopic (exact) mass is 586 g/mol. The van der Waals surface area contributed by atoms with Gasteiger partial charge in [0, 0.05) is 33.3 Å². The molecule has 232 valence electrons. The van der Waals surface area contributed by atoms with E-state index >= 15 is 0 Å². The fourth-order valence-electron chi connectivity index (χ4n) is 5.79. The highest BCUT2D eigenvalue weighted by Gasteiger charge is 2.41. The third-order valence-corrected chi connectivity index (χ3v) is 7.86. The molecule has 1 amide bonds. The lowest BCUT2D eigenvalue weighted by molar-refractivity contribution is -0.107. The molecule has 10 heteroatoms. The van der Waals surface area contributed by atoms with Crippen LogP contribution in [0.25, 0.3) is 0 Å². The second kappa shape index (κ2) is 16.1. The van der Waals surface area contributed by atoms with Crippen molar-refractivity contribution >= 4 is 11.8 Å². The summed E-state index contributed by atoms with van der Waals surface area (Å²) >= 11 is 0. The van der Waals surface area contributed by atoms with E-state index in [9.17, 15) is 15.0 Å². The van der Waals surface area contributed by atoms with Crippen LogP contribution in [0.1, 0.15) is 42.4 Å². The number of nitrogens with zero attached hydrogens (tertiary/aromatic N) is 2. The molecule has 2 aliphatic heterocycles. The highest BCUT2D eigenvalue weighted by atomic mass is 16.5. The maximum Gasteiger partial charge on any atom is 0.407 e. The number of benzene rings is 2. The van der Waals surface area contributed by atoms with Crippen LogP contribution in [0.15, 0.2) is 42.5 Å². The predicted molar refractivity (Wildman–Crippen MR) is 160 cm³/mol. The van der Waals surface area contributed by atoms with Crippen LogP contribution in [0.5, 0.6) is 5.75 Å². The van der Waals surface area contributed by atoms with E-state index in [-0.39, 0.29) is 32.2 Å². The van der Waals surface area contributed by atoms with E-state index in [0.29, 0.717) is 19.8 Å². The molecule has 2 aromatic carbocycles. The number of ether oxygens (including phenoxy) is 5. The summed E-state index contributed by atoms with van der Waals surface area (Å²) in [5.41, 5.74) is 4.29. The van der Waals surface area contributed by atoms with E-state index in [1.54, 1.807) is 7.11 Å². The van der Waals surface area contributed by atoms with Crippen LogP contribution >= 0.6 is 0 Å². The first kappa shape index (κ1) is 32.0. The standard InChI is InChI=1S/C32H46N2O8/c1-4-6-23-7-10-25(11-8-23)31-29(18-34(32(36)37)19-30(31)42-22-26(35)21-39-3)41-20-24-9-12-28-27(17-24)33(14-16-40-28)13-5-15-38-2/h7-12,17,26,29-31,35H,4-6,13-16,18-22H2,1-3H3,(H,36,37)/t26?,29-,30+,31+/m0/s1. The number of methoxy groups -OCH3 is 2. The van der Waals surface area contributed by atoms with Crippen molar-refractivity contribution in [3.8, 4) is 5.75 Å². The topological polar surface area (TPSA) is 110 Å². The van der Waals surface area contributed by atoms with Crippen LogP contribution in [0.4, 0.5) is 10.5 Å². The Morgan fingerprint density at radius 1 is 1.02 bits per heavy atom. The van der Waals surface area contributed by atoms with Crippen molar-refractivity contribution in [3.05, 3.63) is 59.2 Å². The van der Waals surface area contributed by atoms with Gasteiger partial charge in [0.25, 0.3) is 0 Å². The molecule has 0 aliphatic carbocycles. The summed E-state index contributed by atoms with van der Waals surface area (Å²) in [4.78, 5) is 15.8. The first-order chi connectivity index (χ1) is 20.4. The summed E-state index contributed by atoms with van der Waals surface area (Å²) in [6.07, 6.45) is 0.170. The van der Waals surface area contributed by atoms with Crippen LogP contribution in [0, 0.1) is 0 Å². The van der Waals surface area contributed by atoms with Gasteiger partial charge >= 0.3 is 6.09 Å². The Kier molecular flexibility index (Phi) is 12.3. The van der Waals surface area contributed by atoms with Crippen molar-refractivity contribution in [1.29, 1.82) is 0 Å². The molecule has 2 aromatic rings. The number of likely N-dealkylation sites (tertiary alicyclic amines) is 1. The summed E-state index contributed by atoms with van der Waals surface area (Å²) < 4.78 is 28.9. The molecular weight excluding hydrogens is 540 g/mol. The van der Waals surface area contributed by atoms with Gasteiger partial charge in [-0.05, 0) is 41.7 Å². The van der Waals surface area contributed by atoms with E-state index in [1.165, 1.54) is 17.6 Å². The first-order valence-corrected chi connectivity index (χ1v) is 14.9. The Morgan fingerprint density at radius 3 is 2.45 bits per heavy atom. The molecule has 4 rings (SSSR count). The lowest BCUT2D eigenvalue weighted by Gasteiger charge is -2.43. The molecule has 0 bridgehead atoms. The van der Waals surface area contributed by atoms with Gasteiger partial charge in [0.1, 0.15) is 18.5 Å². The molecule has 42 heavy (non-hydrogen) atoms. The van der Waals surface area contributed by atoms with Gasteiger partial charge in [-0.25, -0.2) is 4.79 Å². The number of hydrogen-bond acceptors (Lipinski definition) is 8. The third-order valence-electron chi connectivity index (χ3n) is 7.86. The highest BCUT2D eigenvalue weighted by molar-refractivity contribution is 5.65. The average Bonchev–Trinajstić information content (AvgIpc) is 2.99. The Morgan fingerprint density at radius 2 is 1.76 bits per heavy atom. The number of anilines is 1. The van der Waals surface area contributed by atoms with Crippen LogP contribution in [-0.4, -0.2) is 106 Å². The van der Waals surface area contributed by atoms with Gasteiger partial charge in [-0.1, -0.05) is 43.7 Å². The number of aryl methyl sites for hydroxylation is 1. The molecular formula is C32H46N2O8. The van der Waals surface area contributed by atoms with Crippen molar-refractivity contribution in [2.45, 2.75) is 57.0 Å². The number of fused-ring (bicyclic) bond motifs is 1. The van der Waals surface area contributed by atoms with E-state index in [2.05, 4.69) is 42.2 Å². The Balaban J connectivity index is 1.56. The minimum atomic E-state index is -1.02. The molecule has 4 atom stereocenters. The number of hydrogen-bond donors (Lipinski definition) is 2. The maximum absolute atomic E-state index is 12.1. The van der Waals surface area contributed by atoms with Gasteiger partial charge in [0.05, 0.1) is 57.4 Å². The summed E-state index contributed by atoms with van der Waals surface area (Å²) in [6, 6.07) is 14.5. The van der Waals surface area contributed by atoms with Crippen molar-refractivity contribution in [1.82, 2.24) is 4.90 Å². The smallest absolute Gasteiger partial charge is 0.407 e. The lowest BCUT2D eigenvalue weighted by atomic mass is 9.84. The number of piperidine rings is 1. The van der Waals surface area contributed by atoms with Crippen molar-refractivity contribution in [2.24, 2.45) is 0 Å². The zero-order valence-corrected chi connectivity index (χ0v) is 25.1. The minimum absolute atomic E-state index is 0.0346. The quantitative estimate of drug-likeness (QED) is 0.300. The molecule has 0 saturated carbocycles. The molecule has 1 saturated heterocycles. The zero-order chi connectivity index (χ0) is 29.9. The summed E-state index contributed by atoms with van der Waals surface area (Å²) in [5, 5.41) is 20.2. The second-order valence-corrected chi connectivity index (χ2v) is 11.0. The number of carbonyl (C=O) groups is 1. The molecule has 1 fully saturated rings. The van der Waals surface area contributed by atoms with Crippen LogP contribution < -0.4 is 9.64 Å². The van der Waals surface area contributed by atoms with Crippen LogP contribution in [-0.2, 0) is 32.0 Å². The number of amides is 1. The minimum Gasteiger partial charge on any atom is -0.490 e. The number of aliphatic hydroxyl groups excluding tert-OH is 1. The van der Waals surface area contributed by atoms with Gasteiger partial charge in [-0.2, -0.15) is 0 Å². The average molecular weight is 587 g/mol. The molecule has 1 unspecified atom stereocenters. The van der Waals surface area contributed by atoms with Crippen LogP contribution in [0.2, 0.25) is 0 Å². The molecule has 0 radical (unpaired) electrons. The Bertz CT molecular complexity index is 1110. The molecule has 0 spiro atoms. The zero-order valence-electron chi connectivity index (χ0n) is 25.1. The Labute approximate surface area is 249 Å². The largest absolute Gasteiger partial charge is 0.490 e. The van der Waals surface area contributed by atoms with Gasteiger partial charge in [-0.15, -0.1) is 0 Å². The summed E-state index contributed by atoms with van der Waals surface area (Å²) in [7, 11) is 3.23. The second-order valence-electron chi connectivity index (χ2n) is 11.0. The number of aliphatic hydroxyl groups is 1. The highest BCUT2D eigenvalue weighted by Crippen LogP contribution is 2.36. The SMILES string of the molecule is CCCc1ccc([C@@H]2[C@@H](OCc3ccc4c(c3)N(CCCOC)CCO4)CN(C(=O)O)C[C@H]2OCC(O)COC)cc1. The number of rotatable bonds is 15. The number of carboxylic acid groups (broad SMARTS) is 1. The van der Waals surface area contributed by atoms with Gasteiger partial charge < -0.3 is 43.7 Å². The molecule has 2 heterocycles. The normalized spacial score (nSPS) is 21.1. The Hall–Kier alpha value is -2.89. The lowest BCUT2D eigenvalue weighted by Crippen LogP contribution is -2.54. The van der Waals surface area contributed by atoms with Crippen molar-refractivity contribution in [2.75, 3.05) is 71.7 Å². The van der Waals surface area contributed by atoms with E-state index in [1.807, 2.05) is 12.1 Å². The van der Waals surface area contributed by atoms with E-state index in [4.69, 9.17) is 23.7 Å². The summed E-state index contributed by atoms with van der Waals surface area (Å²) in [6.45, 7) is 6.04.